The molecular weight excluding hydrogens is 404 g/mol. The number of carbonyl (C=O) groups excluding carboxylic acids is 1. The summed E-state index contributed by atoms with van der Waals surface area (Å²) in [5, 5.41) is 15.4. The van der Waals surface area contributed by atoms with Crippen LogP contribution in [0.4, 0.5) is 5.69 Å². The maximum absolute atomic E-state index is 12.1. The number of nitrogens with one attached hydrogen (secondary N) is 2. The third-order valence-corrected chi connectivity index (χ3v) is 5.16. The lowest BCUT2D eigenvalue weighted by atomic mass is 10.1. The summed E-state index contributed by atoms with van der Waals surface area (Å²) in [6.07, 6.45) is 0. The first-order valence-corrected chi connectivity index (χ1v) is 10.4. The van der Waals surface area contributed by atoms with Gasteiger partial charge < -0.3 is 15.8 Å². The predicted octanol–water partition coefficient (Wildman–Crippen LogP) is 2.30. The average molecular weight is 424 g/mol. The molecular formula is C21H20N4O4S. The number of anilines is 1. The van der Waals surface area contributed by atoms with E-state index in [1.54, 1.807) is 66.7 Å². The Kier molecular flexibility index (Phi) is 6.14. The van der Waals surface area contributed by atoms with Crippen LogP contribution in [0.25, 0.3) is 11.1 Å². The van der Waals surface area contributed by atoms with Crippen molar-refractivity contribution in [1.29, 1.82) is 5.41 Å². The number of sulfonamides is 1. The van der Waals surface area contributed by atoms with Crippen molar-refractivity contribution in [3.05, 3.63) is 78.4 Å². The van der Waals surface area contributed by atoms with Crippen molar-refractivity contribution < 1.29 is 17.9 Å². The molecule has 0 aromatic heterocycles. The zero-order valence-corrected chi connectivity index (χ0v) is 16.6. The van der Waals surface area contributed by atoms with E-state index in [9.17, 15) is 13.2 Å². The third kappa shape index (κ3) is 5.22. The van der Waals surface area contributed by atoms with Crippen molar-refractivity contribution in [2.24, 2.45) is 10.9 Å². The van der Waals surface area contributed by atoms with Crippen LogP contribution < -0.4 is 20.9 Å². The molecule has 0 radical (unpaired) electrons. The molecule has 1 amide bonds. The molecule has 9 heteroatoms. The van der Waals surface area contributed by atoms with Crippen molar-refractivity contribution in [3.63, 3.8) is 0 Å². The fraction of sp³-hybridized carbons (Fsp3) is 0.0476. The Morgan fingerprint density at radius 1 is 1.00 bits per heavy atom. The summed E-state index contributed by atoms with van der Waals surface area (Å²) >= 11 is 0. The molecule has 3 aromatic rings. The average Bonchev–Trinajstić information content (AvgIpc) is 2.72. The molecule has 154 valence electrons. The van der Waals surface area contributed by atoms with Gasteiger partial charge in [0.05, 0.1) is 4.90 Å². The SMILES string of the molecule is N=C(N)c1cccc(OCC(=O)Nc2ccc(-c3ccccc3S(N)(=O)=O)cc2)c1. The van der Waals surface area contributed by atoms with Gasteiger partial charge in [0.2, 0.25) is 10.0 Å². The normalized spacial score (nSPS) is 11.0. The standard InChI is InChI=1S/C21H20N4O4S/c22-21(23)15-4-3-5-17(12-15)29-13-20(26)25-16-10-8-14(9-11-16)18-6-1-2-7-19(18)30(24,27)28/h1-12H,13H2,(H3,22,23)(H,25,26)(H2,24,27,28). The van der Waals surface area contributed by atoms with Crippen LogP contribution in [0.5, 0.6) is 5.75 Å². The van der Waals surface area contributed by atoms with Gasteiger partial charge in [-0.1, -0.05) is 42.5 Å². The second kappa shape index (κ2) is 8.76. The van der Waals surface area contributed by atoms with E-state index in [2.05, 4.69) is 5.32 Å². The summed E-state index contributed by atoms with van der Waals surface area (Å²) in [6, 6.07) is 19.7. The summed E-state index contributed by atoms with van der Waals surface area (Å²) in [5.74, 6) is -0.0392. The molecule has 6 N–H and O–H groups in total. The van der Waals surface area contributed by atoms with E-state index in [4.69, 9.17) is 21.0 Å². The molecule has 0 unspecified atom stereocenters. The fourth-order valence-electron chi connectivity index (χ4n) is 2.79. The molecule has 3 aromatic carbocycles. The number of amidine groups is 1. The van der Waals surface area contributed by atoms with E-state index < -0.39 is 10.0 Å². The Hall–Kier alpha value is -3.69. The highest BCUT2D eigenvalue weighted by Crippen LogP contribution is 2.27. The first-order chi connectivity index (χ1) is 14.2. The van der Waals surface area contributed by atoms with Crippen LogP contribution in [0, 0.1) is 5.41 Å². The van der Waals surface area contributed by atoms with Gasteiger partial charge >= 0.3 is 0 Å². The molecule has 0 bridgehead atoms. The van der Waals surface area contributed by atoms with Crippen LogP contribution in [0.15, 0.2) is 77.7 Å². The highest BCUT2D eigenvalue weighted by molar-refractivity contribution is 7.89. The van der Waals surface area contributed by atoms with E-state index in [-0.39, 0.29) is 23.2 Å². The Balaban J connectivity index is 1.66. The van der Waals surface area contributed by atoms with Gasteiger partial charge in [-0.25, -0.2) is 13.6 Å². The number of nitrogen functional groups attached to an aromatic ring is 1. The Morgan fingerprint density at radius 2 is 1.70 bits per heavy atom. The molecule has 0 aliphatic rings. The second-order valence-electron chi connectivity index (χ2n) is 6.40. The number of amides is 1. The number of nitrogens with two attached hydrogens (primary N) is 2. The van der Waals surface area contributed by atoms with Crippen LogP contribution >= 0.6 is 0 Å². The minimum Gasteiger partial charge on any atom is -0.484 e. The van der Waals surface area contributed by atoms with Gasteiger partial charge in [0.15, 0.2) is 6.61 Å². The molecule has 0 heterocycles. The molecule has 30 heavy (non-hydrogen) atoms. The van der Waals surface area contributed by atoms with Gasteiger partial charge in [-0.15, -0.1) is 0 Å². The smallest absolute Gasteiger partial charge is 0.262 e. The minimum absolute atomic E-state index is 0.0305. The van der Waals surface area contributed by atoms with Crippen LogP contribution in [-0.4, -0.2) is 26.8 Å². The maximum Gasteiger partial charge on any atom is 0.262 e. The second-order valence-corrected chi connectivity index (χ2v) is 7.93. The molecule has 0 fully saturated rings. The van der Waals surface area contributed by atoms with E-state index in [1.165, 1.54) is 6.07 Å². The van der Waals surface area contributed by atoms with Crippen LogP contribution in [0.3, 0.4) is 0 Å². The highest BCUT2D eigenvalue weighted by atomic mass is 32.2. The van der Waals surface area contributed by atoms with Crippen LogP contribution in [0.1, 0.15) is 5.56 Å². The largest absolute Gasteiger partial charge is 0.484 e. The molecule has 8 nitrogen and oxygen atoms in total. The highest BCUT2D eigenvalue weighted by Gasteiger charge is 2.14. The Bertz CT molecular complexity index is 1190. The van der Waals surface area contributed by atoms with Crippen molar-refractivity contribution in [3.8, 4) is 16.9 Å². The lowest BCUT2D eigenvalue weighted by Gasteiger charge is -2.10. The number of primary sulfonamides is 1. The van der Waals surface area contributed by atoms with Gasteiger partial charge in [-0.05, 0) is 35.9 Å². The molecule has 0 aliphatic carbocycles. The van der Waals surface area contributed by atoms with E-state index >= 15 is 0 Å². The van der Waals surface area contributed by atoms with Gasteiger partial charge in [0, 0.05) is 16.8 Å². The van der Waals surface area contributed by atoms with Gasteiger partial charge in [-0.3, -0.25) is 10.2 Å². The van der Waals surface area contributed by atoms with E-state index in [0.717, 1.165) is 0 Å². The Labute approximate surface area is 174 Å². The minimum atomic E-state index is -3.86. The van der Waals surface area contributed by atoms with Gasteiger partial charge in [0.25, 0.3) is 5.91 Å². The van der Waals surface area contributed by atoms with Crippen molar-refractivity contribution in [2.45, 2.75) is 4.90 Å². The Morgan fingerprint density at radius 3 is 2.37 bits per heavy atom. The number of ether oxygens (including phenoxy) is 1. The van der Waals surface area contributed by atoms with Crippen molar-refractivity contribution >= 4 is 27.5 Å². The van der Waals surface area contributed by atoms with E-state index in [0.29, 0.717) is 28.1 Å². The van der Waals surface area contributed by atoms with Crippen LogP contribution in [-0.2, 0) is 14.8 Å². The number of hydrogen-bond acceptors (Lipinski definition) is 5. The lowest BCUT2D eigenvalue weighted by molar-refractivity contribution is -0.118. The lowest BCUT2D eigenvalue weighted by Crippen LogP contribution is -2.20. The van der Waals surface area contributed by atoms with Gasteiger partial charge in [0.1, 0.15) is 11.6 Å². The van der Waals surface area contributed by atoms with Crippen molar-refractivity contribution in [1.82, 2.24) is 0 Å². The number of carbonyl (C=O) groups is 1. The molecule has 0 spiro atoms. The molecule has 3 rings (SSSR count). The zero-order valence-electron chi connectivity index (χ0n) is 15.8. The first kappa shape index (κ1) is 21.0. The van der Waals surface area contributed by atoms with Crippen molar-refractivity contribution in [2.75, 3.05) is 11.9 Å². The third-order valence-electron chi connectivity index (χ3n) is 4.19. The zero-order chi connectivity index (χ0) is 21.7. The van der Waals surface area contributed by atoms with Gasteiger partial charge in [-0.2, -0.15) is 0 Å². The van der Waals surface area contributed by atoms with E-state index in [1.807, 2.05) is 0 Å². The summed E-state index contributed by atoms with van der Waals surface area (Å²) < 4.78 is 29.0. The number of hydrogen-bond donors (Lipinski definition) is 4. The first-order valence-electron chi connectivity index (χ1n) is 8.83. The number of rotatable bonds is 7. The maximum atomic E-state index is 12.1. The molecule has 0 saturated carbocycles. The number of benzene rings is 3. The summed E-state index contributed by atoms with van der Waals surface area (Å²) in [7, 11) is -3.86. The molecule has 0 atom stereocenters. The molecule has 0 aliphatic heterocycles. The summed E-state index contributed by atoms with van der Waals surface area (Å²) in [5.41, 5.74) is 7.59. The molecule has 0 saturated heterocycles. The summed E-state index contributed by atoms with van der Waals surface area (Å²) in [6.45, 7) is -0.225. The predicted molar refractivity (Wildman–Crippen MR) is 115 cm³/mol. The fourth-order valence-corrected chi connectivity index (χ4v) is 3.55. The van der Waals surface area contributed by atoms with Crippen LogP contribution in [0.2, 0.25) is 0 Å². The topological polar surface area (TPSA) is 148 Å². The quantitative estimate of drug-likeness (QED) is 0.339. The summed E-state index contributed by atoms with van der Waals surface area (Å²) in [4.78, 5) is 12.2. The monoisotopic (exact) mass is 424 g/mol.